The van der Waals surface area contributed by atoms with Gasteiger partial charge in [-0.2, -0.15) is 5.10 Å². The number of benzene rings is 2. The Morgan fingerprint density at radius 2 is 1.88 bits per heavy atom. The fourth-order valence-corrected chi connectivity index (χ4v) is 3.64. The van der Waals surface area contributed by atoms with Crippen molar-refractivity contribution in [3.63, 3.8) is 0 Å². The van der Waals surface area contributed by atoms with Crippen molar-refractivity contribution in [2.24, 2.45) is 0 Å². The van der Waals surface area contributed by atoms with E-state index in [1.165, 1.54) is 32.1 Å². The van der Waals surface area contributed by atoms with Crippen LogP contribution in [0.1, 0.15) is 37.7 Å². The van der Waals surface area contributed by atoms with E-state index in [1.807, 2.05) is 36.4 Å². The minimum Gasteiger partial charge on any atom is -0.382 e. The lowest BCUT2D eigenvalue weighted by atomic mass is 9.95. The number of anilines is 2. The molecule has 0 unspecified atom stereocenters. The Morgan fingerprint density at radius 3 is 2.69 bits per heavy atom. The van der Waals surface area contributed by atoms with Gasteiger partial charge in [0.1, 0.15) is 0 Å². The van der Waals surface area contributed by atoms with Crippen molar-refractivity contribution in [2.75, 3.05) is 10.6 Å². The van der Waals surface area contributed by atoms with Gasteiger partial charge in [-0.3, -0.25) is 9.89 Å². The molecule has 3 N–H and O–H groups in total. The van der Waals surface area contributed by atoms with Crippen LogP contribution >= 0.6 is 0 Å². The van der Waals surface area contributed by atoms with Crippen LogP contribution < -0.4 is 10.6 Å². The zero-order valence-electron chi connectivity index (χ0n) is 14.8. The maximum absolute atomic E-state index is 12.3. The Morgan fingerprint density at radius 1 is 1.08 bits per heavy atom. The van der Waals surface area contributed by atoms with Crippen molar-refractivity contribution in [3.8, 4) is 0 Å². The molecule has 1 aromatic heterocycles. The Balaban J connectivity index is 1.48. The molecule has 0 saturated heterocycles. The molecule has 1 aliphatic rings. The molecule has 5 nitrogen and oxygen atoms in total. The van der Waals surface area contributed by atoms with Crippen LogP contribution in [0.2, 0.25) is 0 Å². The summed E-state index contributed by atoms with van der Waals surface area (Å²) >= 11 is 0. The maximum Gasteiger partial charge on any atom is 0.230 e. The monoisotopic (exact) mass is 348 g/mol. The quantitative estimate of drug-likeness (QED) is 0.636. The van der Waals surface area contributed by atoms with Crippen LogP contribution in [0.15, 0.2) is 48.5 Å². The predicted molar refractivity (Wildman–Crippen MR) is 105 cm³/mol. The molecule has 1 heterocycles. The molecule has 1 saturated carbocycles. The molecule has 0 spiro atoms. The number of carbonyl (C=O) groups excluding carboxylic acids is 1. The van der Waals surface area contributed by atoms with Gasteiger partial charge in [-0.1, -0.05) is 49.6 Å². The van der Waals surface area contributed by atoms with Crippen LogP contribution in [0.4, 0.5) is 11.5 Å². The van der Waals surface area contributed by atoms with Gasteiger partial charge < -0.3 is 10.6 Å². The molecule has 0 bridgehead atoms. The van der Waals surface area contributed by atoms with Crippen molar-refractivity contribution in [1.82, 2.24) is 10.2 Å². The van der Waals surface area contributed by atoms with E-state index < -0.39 is 0 Å². The second-order valence-corrected chi connectivity index (χ2v) is 7.02. The number of aromatic amines is 1. The van der Waals surface area contributed by atoms with E-state index in [9.17, 15) is 4.79 Å². The fraction of sp³-hybridized carbons (Fsp3) is 0.333. The number of hydrogen-bond acceptors (Lipinski definition) is 3. The highest BCUT2D eigenvalue weighted by Gasteiger charge is 2.15. The van der Waals surface area contributed by atoms with Crippen molar-refractivity contribution in [3.05, 3.63) is 54.1 Å². The third-order valence-corrected chi connectivity index (χ3v) is 5.00. The Hall–Kier alpha value is -2.82. The lowest BCUT2D eigenvalue weighted by Gasteiger charge is -2.23. The summed E-state index contributed by atoms with van der Waals surface area (Å²) < 4.78 is 0. The highest BCUT2D eigenvalue weighted by atomic mass is 16.1. The highest BCUT2D eigenvalue weighted by molar-refractivity contribution is 6.01. The summed E-state index contributed by atoms with van der Waals surface area (Å²) in [5.74, 6) is 0.531. The number of nitrogens with one attached hydrogen (secondary N) is 3. The maximum atomic E-state index is 12.3. The summed E-state index contributed by atoms with van der Waals surface area (Å²) in [6.07, 6.45) is 6.73. The highest BCUT2D eigenvalue weighted by Crippen LogP contribution is 2.27. The van der Waals surface area contributed by atoms with E-state index >= 15 is 0 Å². The molecule has 5 heteroatoms. The van der Waals surface area contributed by atoms with Crippen molar-refractivity contribution < 1.29 is 4.79 Å². The first kappa shape index (κ1) is 16.6. The lowest BCUT2D eigenvalue weighted by Crippen LogP contribution is -2.22. The first-order chi connectivity index (χ1) is 12.8. The number of aromatic nitrogens is 2. The molecule has 0 aliphatic heterocycles. The third-order valence-electron chi connectivity index (χ3n) is 5.00. The van der Waals surface area contributed by atoms with Gasteiger partial charge in [0, 0.05) is 17.1 Å². The zero-order valence-corrected chi connectivity index (χ0v) is 14.8. The Bertz CT molecular complexity index is 881. The standard InChI is InChI=1S/C21H24N4O/c26-20(13-15-7-3-1-4-8-15)23-21-18-14-17(11-12-19(18)24-25-21)22-16-9-5-2-6-10-16/h1,3-4,7-8,11-12,14,16,22H,2,5-6,9-10,13H2,(H2,23,24,25,26). The fourth-order valence-electron chi connectivity index (χ4n) is 3.64. The van der Waals surface area contributed by atoms with Gasteiger partial charge in [-0.05, 0) is 36.6 Å². The van der Waals surface area contributed by atoms with E-state index in [0.717, 1.165) is 22.2 Å². The molecule has 3 aromatic rings. The van der Waals surface area contributed by atoms with Gasteiger partial charge >= 0.3 is 0 Å². The van der Waals surface area contributed by atoms with Crippen LogP contribution in [0, 0.1) is 0 Å². The molecule has 1 fully saturated rings. The molecule has 1 aliphatic carbocycles. The van der Waals surface area contributed by atoms with Gasteiger partial charge in [-0.15, -0.1) is 0 Å². The average molecular weight is 348 g/mol. The van der Waals surface area contributed by atoms with Gasteiger partial charge in [0.15, 0.2) is 5.82 Å². The number of fused-ring (bicyclic) bond motifs is 1. The normalized spacial score (nSPS) is 15.1. The van der Waals surface area contributed by atoms with E-state index in [4.69, 9.17) is 0 Å². The van der Waals surface area contributed by atoms with Crippen LogP contribution in [0.5, 0.6) is 0 Å². The summed E-state index contributed by atoms with van der Waals surface area (Å²) in [4.78, 5) is 12.3. The number of amides is 1. The summed E-state index contributed by atoms with van der Waals surface area (Å²) in [5, 5.41) is 14.8. The second-order valence-electron chi connectivity index (χ2n) is 7.02. The molecule has 2 aromatic carbocycles. The van der Waals surface area contributed by atoms with Gasteiger partial charge in [0.25, 0.3) is 0 Å². The van der Waals surface area contributed by atoms with Crippen LogP contribution in [-0.4, -0.2) is 22.1 Å². The van der Waals surface area contributed by atoms with Gasteiger partial charge in [-0.25, -0.2) is 0 Å². The SMILES string of the molecule is O=C(Cc1ccccc1)Nc1n[nH]c2ccc(NC3CCCCC3)cc12. The minimum absolute atomic E-state index is 0.0600. The summed E-state index contributed by atoms with van der Waals surface area (Å²) in [6.45, 7) is 0. The molecule has 4 rings (SSSR count). The topological polar surface area (TPSA) is 69.8 Å². The summed E-state index contributed by atoms with van der Waals surface area (Å²) in [5.41, 5.74) is 3.00. The molecule has 1 amide bonds. The van der Waals surface area contributed by atoms with Crippen molar-refractivity contribution >= 4 is 28.3 Å². The third kappa shape index (κ3) is 3.87. The molecule has 134 valence electrons. The molecular formula is C21H24N4O. The Kier molecular flexibility index (Phi) is 4.86. The number of hydrogen-bond donors (Lipinski definition) is 3. The van der Waals surface area contributed by atoms with Crippen LogP contribution in [0.3, 0.4) is 0 Å². The molecular weight excluding hydrogens is 324 g/mol. The number of nitrogens with zero attached hydrogens (tertiary/aromatic N) is 1. The smallest absolute Gasteiger partial charge is 0.230 e. The van der Waals surface area contributed by atoms with E-state index in [2.05, 4.69) is 33.0 Å². The van der Waals surface area contributed by atoms with Crippen molar-refractivity contribution in [2.45, 2.75) is 44.6 Å². The summed E-state index contributed by atoms with van der Waals surface area (Å²) in [7, 11) is 0. The average Bonchev–Trinajstić information content (AvgIpc) is 3.05. The number of H-pyrrole nitrogens is 1. The summed E-state index contributed by atoms with van der Waals surface area (Å²) in [6, 6.07) is 16.4. The van der Waals surface area contributed by atoms with E-state index in [1.54, 1.807) is 0 Å². The minimum atomic E-state index is -0.0600. The molecule has 26 heavy (non-hydrogen) atoms. The van der Waals surface area contributed by atoms with Crippen LogP contribution in [0.25, 0.3) is 10.9 Å². The zero-order chi connectivity index (χ0) is 17.8. The molecule has 0 atom stereocenters. The van der Waals surface area contributed by atoms with Crippen molar-refractivity contribution in [1.29, 1.82) is 0 Å². The van der Waals surface area contributed by atoms with E-state index in [-0.39, 0.29) is 5.91 Å². The molecule has 0 radical (unpaired) electrons. The predicted octanol–water partition coefficient (Wildman–Crippen LogP) is 4.49. The van der Waals surface area contributed by atoms with Gasteiger partial charge in [0.2, 0.25) is 5.91 Å². The first-order valence-electron chi connectivity index (χ1n) is 9.36. The van der Waals surface area contributed by atoms with E-state index in [0.29, 0.717) is 18.3 Å². The lowest BCUT2D eigenvalue weighted by molar-refractivity contribution is -0.115. The number of rotatable bonds is 5. The van der Waals surface area contributed by atoms with Gasteiger partial charge in [0.05, 0.1) is 11.9 Å². The largest absolute Gasteiger partial charge is 0.382 e. The second kappa shape index (κ2) is 7.60. The van der Waals surface area contributed by atoms with Crippen LogP contribution in [-0.2, 0) is 11.2 Å². The first-order valence-corrected chi connectivity index (χ1v) is 9.36. The Labute approximate surface area is 153 Å². The number of carbonyl (C=O) groups is 1.